The van der Waals surface area contributed by atoms with Gasteiger partial charge in [0.1, 0.15) is 23.6 Å². The minimum atomic E-state index is 0.193. The molecule has 2 aromatic carbocycles. The van der Waals surface area contributed by atoms with Crippen LogP contribution in [-0.4, -0.2) is 26.2 Å². The third-order valence-corrected chi connectivity index (χ3v) is 4.34. The average molecular weight is 360 g/mol. The SMILES string of the molecule is CCCOc1cccc(-n2cc(-c3cccc(O)c3)c3c(N)ncnc32)c1. The van der Waals surface area contributed by atoms with Crippen LogP contribution >= 0.6 is 0 Å². The molecule has 2 aromatic heterocycles. The van der Waals surface area contributed by atoms with Crippen LogP contribution in [0.1, 0.15) is 13.3 Å². The standard InChI is InChI=1S/C21H20N4O2/c1-2-9-27-17-8-4-6-15(11-17)25-12-18(14-5-3-7-16(26)10-14)19-20(22)23-13-24-21(19)25/h3-8,10-13,26H,2,9H2,1H3,(H2,22,23,24). The van der Waals surface area contributed by atoms with E-state index in [4.69, 9.17) is 10.5 Å². The van der Waals surface area contributed by atoms with E-state index in [1.807, 2.05) is 41.1 Å². The van der Waals surface area contributed by atoms with Crippen molar-refractivity contribution in [3.63, 3.8) is 0 Å². The molecule has 0 spiro atoms. The molecule has 0 unspecified atom stereocenters. The van der Waals surface area contributed by atoms with E-state index in [1.54, 1.807) is 18.2 Å². The molecular formula is C21H20N4O2. The third kappa shape index (κ3) is 3.17. The Morgan fingerprint density at radius 2 is 1.96 bits per heavy atom. The van der Waals surface area contributed by atoms with Crippen LogP contribution in [0.5, 0.6) is 11.5 Å². The fourth-order valence-corrected chi connectivity index (χ4v) is 3.12. The fraction of sp³-hybridized carbons (Fsp3) is 0.143. The van der Waals surface area contributed by atoms with Gasteiger partial charge in [-0.05, 0) is 36.2 Å². The highest BCUT2D eigenvalue weighted by molar-refractivity contribution is 6.01. The van der Waals surface area contributed by atoms with Crippen molar-refractivity contribution in [2.75, 3.05) is 12.3 Å². The Hall–Kier alpha value is -3.54. The van der Waals surface area contributed by atoms with Crippen LogP contribution in [0.15, 0.2) is 61.1 Å². The first kappa shape index (κ1) is 16.9. The smallest absolute Gasteiger partial charge is 0.150 e. The quantitative estimate of drug-likeness (QED) is 0.558. The lowest BCUT2D eigenvalue weighted by atomic mass is 10.1. The molecule has 27 heavy (non-hydrogen) atoms. The number of hydrogen-bond acceptors (Lipinski definition) is 5. The van der Waals surface area contributed by atoms with Crippen molar-refractivity contribution in [3.8, 4) is 28.3 Å². The van der Waals surface area contributed by atoms with Crippen molar-refractivity contribution < 1.29 is 9.84 Å². The first-order chi connectivity index (χ1) is 13.2. The Bertz CT molecular complexity index is 1100. The Labute approximate surface area is 156 Å². The predicted octanol–water partition coefficient (Wildman–Crippen LogP) is 4.16. The molecular weight excluding hydrogens is 340 g/mol. The molecule has 4 rings (SSSR count). The number of phenolic OH excluding ortho intramolecular Hbond substituents is 1. The molecule has 0 aliphatic heterocycles. The highest BCUT2D eigenvalue weighted by Gasteiger charge is 2.16. The molecule has 3 N–H and O–H groups in total. The molecule has 0 fully saturated rings. The van der Waals surface area contributed by atoms with Crippen LogP contribution < -0.4 is 10.5 Å². The molecule has 0 aliphatic rings. The average Bonchev–Trinajstić information content (AvgIpc) is 3.08. The van der Waals surface area contributed by atoms with Gasteiger partial charge in [0.2, 0.25) is 0 Å². The van der Waals surface area contributed by atoms with Crippen molar-refractivity contribution >= 4 is 16.9 Å². The zero-order valence-corrected chi connectivity index (χ0v) is 15.0. The van der Waals surface area contributed by atoms with E-state index in [9.17, 15) is 5.11 Å². The van der Waals surface area contributed by atoms with Gasteiger partial charge in [0, 0.05) is 17.8 Å². The third-order valence-electron chi connectivity index (χ3n) is 4.34. The topological polar surface area (TPSA) is 86.2 Å². The summed E-state index contributed by atoms with van der Waals surface area (Å²) in [6, 6.07) is 14.9. The molecule has 4 aromatic rings. The van der Waals surface area contributed by atoms with Gasteiger partial charge < -0.3 is 20.1 Å². The number of aromatic hydroxyl groups is 1. The van der Waals surface area contributed by atoms with Crippen molar-refractivity contribution in [2.45, 2.75) is 13.3 Å². The summed E-state index contributed by atoms with van der Waals surface area (Å²) in [5, 5.41) is 10.6. The van der Waals surface area contributed by atoms with E-state index in [-0.39, 0.29) is 5.75 Å². The second-order valence-electron chi connectivity index (χ2n) is 6.27. The second kappa shape index (κ2) is 6.99. The Kier molecular flexibility index (Phi) is 4.38. The van der Waals surface area contributed by atoms with E-state index in [2.05, 4.69) is 16.9 Å². The summed E-state index contributed by atoms with van der Waals surface area (Å²) < 4.78 is 7.72. The summed E-state index contributed by atoms with van der Waals surface area (Å²) in [6.45, 7) is 2.74. The first-order valence-corrected chi connectivity index (χ1v) is 8.81. The van der Waals surface area contributed by atoms with Crippen LogP contribution in [0, 0.1) is 0 Å². The summed E-state index contributed by atoms with van der Waals surface area (Å²) in [5.74, 6) is 1.39. The molecule has 6 nitrogen and oxygen atoms in total. The highest BCUT2D eigenvalue weighted by atomic mass is 16.5. The summed E-state index contributed by atoms with van der Waals surface area (Å²) >= 11 is 0. The number of nitrogen functional groups attached to an aromatic ring is 1. The van der Waals surface area contributed by atoms with Crippen molar-refractivity contribution in [1.82, 2.24) is 14.5 Å². The summed E-state index contributed by atoms with van der Waals surface area (Å²) in [6.07, 6.45) is 4.36. The number of benzene rings is 2. The van der Waals surface area contributed by atoms with Crippen LogP contribution in [0.2, 0.25) is 0 Å². The number of anilines is 1. The molecule has 0 radical (unpaired) electrons. The van der Waals surface area contributed by atoms with Gasteiger partial charge in [0.25, 0.3) is 0 Å². The van der Waals surface area contributed by atoms with Crippen molar-refractivity contribution in [2.24, 2.45) is 0 Å². The lowest BCUT2D eigenvalue weighted by molar-refractivity contribution is 0.317. The van der Waals surface area contributed by atoms with Gasteiger partial charge in [0.15, 0.2) is 5.65 Å². The maximum absolute atomic E-state index is 9.87. The number of rotatable bonds is 5. The number of hydrogen-bond donors (Lipinski definition) is 2. The van der Waals surface area contributed by atoms with Crippen molar-refractivity contribution in [1.29, 1.82) is 0 Å². The number of aromatic nitrogens is 3. The molecule has 0 aliphatic carbocycles. The molecule has 0 atom stereocenters. The summed E-state index contributed by atoms with van der Waals surface area (Å²) in [5.41, 5.74) is 9.49. The van der Waals surface area contributed by atoms with Gasteiger partial charge in [-0.3, -0.25) is 0 Å². The number of ether oxygens (including phenoxy) is 1. The Balaban J connectivity index is 1.91. The number of fused-ring (bicyclic) bond motifs is 1. The highest BCUT2D eigenvalue weighted by Crippen LogP contribution is 2.35. The minimum Gasteiger partial charge on any atom is -0.508 e. The van der Waals surface area contributed by atoms with Crippen molar-refractivity contribution in [3.05, 3.63) is 61.1 Å². The van der Waals surface area contributed by atoms with Gasteiger partial charge in [-0.15, -0.1) is 0 Å². The molecule has 6 heteroatoms. The maximum Gasteiger partial charge on any atom is 0.150 e. The van der Waals surface area contributed by atoms with Gasteiger partial charge >= 0.3 is 0 Å². The molecule has 0 saturated heterocycles. The molecule has 0 bridgehead atoms. The van der Waals surface area contributed by atoms with Crippen LogP contribution in [0.25, 0.3) is 27.8 Å². The van der Waals surface area contributed by atoms with Gasteiger partial charge in [0.05, 0.1) is 17.7 Å². The second-order valence-corrected chi connectivity index (χ2v) is 6.27. The summed E-state index contributed by atoms with van der Waals surface area (Å²) in [7, 11) is 0. The van der Waals surface area contributed by atoms with E-state index in [0.717, 1.165) is 34.4 Å². The lowest BCUT2D eigenvalue weighted by Crippen LogP contribution is -1.99. The van der Waals surface area contributed by atoms with Crippen LogP contribution in [0.3, 0.4) is 0 Å². The van der Waals surface area contributed by atoms with E-state index >= 15 is 0 Å². The lowest BCUT2D eigenvalue weighted by Gasteiger charge is -2.08. The maximum atomic E-state index is 9.87. The number of nitrogens with zero attached hydrogens (tertiary/aromatic N) is 3. The van der Waals surface area contributed by atoms with E-state index < -0.39 is 0 Å². The van der Waals surface area contributed by atoms with Crippen LogP contribution in [-0.2, 0) is 0 Å². The van der Waals surface area contributed by atoms with E-state index in [0.29, 0.717) is 18.1 Å². The van der Waals surface area contributed by atoms with Gasteiger partial charge in [-0.25, -0.2) is 9.97 Å². The Morgan fingerprint density at radius 3 is 2.78 bits per heavy atom. The molecule has 2 heterocycles. The minimum absolute atomic E-state index is 0.193. The number of phenols is 1. The van der Waals surface area contributed by atoms with Gasteiger partial charge in [-0.1, -0.05) is 25.1 Å². The Morgan fingerprint density at radius 1 is 1.11 bits per heavy atom. The first-order valence-electron chi connectivity index (χ1n) is 8.81. The van der Waals surface area contributed by atoms with E-state index in [1.165, 1.54) is 6.33 Å². The molecule has 136 valence electrons. The predicted molar refractivity (Wildman–Crippen MR) is 106 cm³/mol. The molecule has 0 amide bonds. The summed E-state index contributed by atoms with van der Waals surface area (Å²) in [4.78, 5) is 8.59. The fourth-order valence-electron chi connectivity index (χ4n) is 3.12. The zero-order valence-electron chi connectivity index (χ0n) is 15.0. The normalized spacial score (nSPS) is 11.0. The largest absolute Gasteiger partial charge is 0.508 e. The zero-order chi connectivity index (χ0) is 18.8. The monoisotopic (exact) mass is 360 g/mol. The van der Waals surface area contributed by atoms with Gasteiger partial charge in [-0.2, -0.15) is 0 Å². The molecule has 0 saturated carbocycles. The van der Waals surface area contributed by atoms with Crippen LogP contribution in [0.4, 0.5) is 5.82 Å². The number of nitrogens with two attached hydrogens (primary N) is 1.